The zero-order valence-electron chi connectivity index (χ0n) is 16.5. The number of hydrogen-bond acceptors (Lipinski definition) is 6. The molecule has 28 heavy (non-hydrogen) atoms. The van der Waals surface area contributed by atoms with Gasteiger partial charge in [0.2, 0.25) is 10.1 Å². The summed E-state index contributed by atoms with van der Waals surface area (Å²) in [6.45, 7) is 4.15. The van der Waals surface area contributed by atoms with E-state index in [4.69, 9.17) is 0 Å². The number of piperidine rings is 1. The van der Waals surface area contributed by atoms with Crippen LogP contribution in [0.4, 0.5) is 5.13 Å². The molecule has 1 saturated carbocycles. The molecule has 1 amide bonds. The van der Waals surface area contributed by atoms with Gasteiger partial charge in [-0.3, -0.25) is 9.59 Å². The molecule has 0 unspecified atom stereocenters. The first-order valence-corrected chi connectivity index (χ1v) is 11.4. The van der Waals surface area contributed by atoms with Crippen molar-refractivity contribution in [3.8, 4) is 0 Å². The Balaban J connectivity index is 1.58. The number of rotatable bonds is 3. The van der Waals surface area contributed by atoms with Crippen LogP contribution < -0.4 is 15.8 Å². The van der Waals surface area contributed by atoms with Crippen molar-refractivity contribution in [3.63, 3.8) is 0 Å². The molecule has 1 aliphatic carbocycles. The van der Waals surface area contributed by atoms with Gasteiger partial charge in [-0.15, -0.1) is 5.10 Å². The zero-order valence-corrected chi connectivity index (χ0v) is 17.3. The van der Waals surface area contributed by atoms with Crippen LogP contribution in [0.25, 0.3) is 4.96 Å². The van der Waals surface area contributed by atoms with Gasteiger partial charge in [0.05, 0.1) is 0 Å². The monoisotopic (exact) mass is 403 g/mol. The van der Waals surface area contributed by atoms with E-state index in [0.29, 0.717) is 16.6 Å². The van der Waals surface area contributed by atoms with Crippen LogP contribution in [-0.4, -0.2) is 39.6 Å². The standard InChI is InChI=1S/C20H29N5O2S/c1-14-8-7-11-24(13-14)20-23-25-16(12-17(26)22-19(25)28-20)18(27)21-15-9-5-3-2-4-6-10-15/h12,14-15H,2-11,13H2,1H3,(H,21,27)/t14-/m1/s1. The smallest absolute Gasteiger partial charge is 0.274 e. The molecule has 2 fully saturated rings. The van der Waals surface area contributed by atoms with Crippen molar-refractivity contribution in [1.29, 1.82) is 0 Å². The van der Waals surface area contributed by atoms with Gasteiger partial charge in [-0.25, -0.2) is 0 Å². The summed E-state index contributed by atoms with van der Waals surface area (Å²) in [6.07, 6.45) is 10.4. The zero-order chi connectivity index (χ0) is 19.5. The summed E-state index contributed by atoms with van der Waals surface area (Å²) in [5.41, 5.74) is -0.0883. The van der Waals surface area contributed by atoms with E-state index < -0.39 is 0 Å². The molecule has 7 nitrogen and oxygen atoms in total. The molecule has 4 rings (SSSR count). The molecule has 0 spiro atoms. The third-order valence-corrected chi connectivity index (χ3v) is 6.81. The summed E-state index contributed by atoms with van der Waals surface area (Å²) >= 11 is 1.39. The predicted octanol–water partition coefficient (Wildman–Crippen LogP) is 3.23. The highest BCUT2D eigenvalue weighted by atomic mass is 32.1. The predicted molar refractivity (Wildman–Crippen MR) is 111 cm³/mol. The molecule has 152 valence electrons. The maximum atomic E-state index is 13.0. The van der Waals surface area contributed by atoms with Crippen molar-refractivity contribution in [2.24, 2.45) is 5.92 Å². The minimum absolute atomic E-state index is 0.174. The van der Waals surface area contributed by atoms with Crippen LogP contribution in [0.3, 0.4) is 0 Å². The molecule has 2 aromatic rings. The van der Waals surface area contributed by atoms with Crippen molar-refractivity contribution in [1.82, 2.24) is 19.9 Å². The average molecular weight is 404 g/mol. The third kappa shape index (κ3) is 4.37. The molecule has 0 bridgehead atoms. The Kier molecular flexibility index (Phi) is 5.94. The molecule has 0 radical (unpaired) electrons. The van der Waals surface area contributed by atoms with E-state index in [-0.39, 0.29) is 17.5 Å². The molecular formula is C20H29N5O2S. The number of nitrogens with one attached hydrogen (secondary N) is 1. The van der Waals surface area contributed by atoms with Crippen LogP contribution in [0, 0.1) is 5.92 Å². The van der Waals surface area contributed by atoms with E-state index in [1.165, 1.54) is 43.1 Å². The van der Waals surface area contributed by atoms with Crippen molar-refractivity contribution in [3.05, 3.63) is 22.1 Å². The first-order chi connectivity index (χ1) is 13.6. The highest BCUT2D eigenvalue weighted by Gasteiger charge is 2.23. The Hall–Kier alpha value is -1.96. The molecule has 1 aliphatic heterocycles. The fraction of sp³-hybridized carbons (Fsp3) is 0.700. The lowest BCUT2D eigenvalue weighted by atomic mass is 9.96. The summed E-state index contributed by atoms with van der Waals surface area (Å²) in [7, 11) is 0. The van der Waals surface area contributed by atoms with Crippen LogP contribution in [-0.2, 0) is 0 Å². The number of fused-ring (bicyclic) bond motifs is 1. The maximum Gasteiger partial charge on any atom is 0.274 e. The number of nitrogens with zero attached hydrogens (tertiary/aromatic N) is 4. The number of carbonyl (C=O) groups is 1. The molecule has 2 aromatic heterocycles. The van der Waals surface area contributed by atoms with E-state index in [0.717, 1.165) is 50.3 Å². The van der Waals surface area contributed by atoms with Crippen LogP contribution in [0.15, 0.2) is 10.9 Å². The van der Waals surface area contributed by atoms with E-state index in [9.17, 15) is 9.59 Å². The lowest BCUT2D eigenvalue weighted by molar-refractivity contribution is 0.0922. The van der Waals surface area contributed by atoms with Crippen molar-refractivity contribution in [2.45, 2.75) is 70.8 Å². The number of carbonyl (C=O) groups excluding carboxylic acids is 1. The average Bonchev–Trinajstić information content (AvgIpc) is 3.07. The van der Waals surface area contributed by atoms with Crippen LogP contribution in [0.2, 0.25) is 0 Å². The minimum atomic E-state index is -0.384. The lowest BCUT2D eigenvalue weighted by Crippen LogP contribution is -2.37. The second-order valence-corrected chi connectivity index (χ2v) is 9.20. The van der Waals surface area contributed by atoms with Gasteiger partial charge in [-0.1, -0.05) is 50.4 Å². The van der Waals surface area contributed by atoms with Crippen LogP contribution in [0.5, 0.6) is 0 Å². The molecule has 1 N–H and O–H groups in total. The van der Waals surface area contributed by atoms with E-state index in [2.05, 4.69) is 27.2 Å². The van der Waals surface area contributed by atoms with Gasteiger partial charge in [-0.2, -0.15) is 9.50 Å². The summed E-state index contributed by atoms with van der Waals surface area (Å²) in [6, 6.07) is 1.49. The maximum absolute atomic E-state index is 13.0. The van der Waals surface area contributed by atoms with Gasteiger partial charge >= 0.3 is 0 Å². The van der Waals surface area contributed by atoms with Gasteiger partial charge in [-0.05, 0) is 31.6 Å². The van der Waals surface area contributed by atoms with Crippen LogP contribution >= 0.6 is 11.3 Å². The van der Waals surface area contributed by atoms with Crippen molar-refractivity contribution in [2.75, 3.05) is 18.0 Å². The fourth-order valence-electron chi connectivity index (χ4n) is 4.32. The Morgan fingerprint density at radius 3 is 2.64 bits per heavy atom. The first-order valence-electron chi connectivity index (χ1n) is 10.6. The van der Waals surface area contributed by atoms with Crippen LogP contribution in [0.1, 0.15) is 75.2 Å². The molecule has 3 heterocycles. The number of amides is 1. The second-order valence-electron chi connectivity index (χ2n) is 8.27. The fourth-order valence-corrected chi connectivity index (χ4v) is 5.26. The van der Waals surface area contributed by atoms with E-state index >= 15 is 0 Å². The van der Waals surface area contributed by atoms with Gasteiger partial charge in [0.1, 0.15) is 5.69 Å². The summed E-state index contributed by atoms with van der Waals surface area (Å²) < 4.78 is 1.55. The Morgan fingerprint density at radius 2 is 1.89 bits per heavy atom. The summed E-state index contributed by atoms with van der Waals surface area (Å²) in [5.74, 6) is 0.403. The third-order valence-electron chi connectivity index (χ3n) is 5.84. The molecule has 2 aliphatic rings. The highest BCUT2D eigenvalue weighted by molar-refractivity contribution is 7.20. The number of anilines is 1. The van der Waals surface area contributed by atoms with E-state index in [1.807, 2.05) is 0 Å². The number of hydrogen-bond donors (Lipinski definition) is 1. The van der Waals surface area contributed by atoms with Crippen molar-refractivity contribution < 1.29 is 4.79 Å². The molecular weight excluding hydrogens is 374 g/mol. The number of aromatic nitrogens is 3. The normalized spacial score (nSPS) is 22.0. The summed E-state index contributed by atoms with van der Waals surface area (Å²) in [4.78, 5) is 31.9. The Bertz CT molecular complexity index is 884. The molecule has 0 aromatic carbocycles. The van der Waals surface area contributed by atoms with Gasteiger partial charge in [0.25, 0.3) is 11.5 Å². The summed E-state index contributed by atoms with van der Waals surface area (Å²) in [5, 5.41) is 8.64. The molecule has 1 atom stereocenters. The minimum Gasteiger partial charge on any atom is -0.348 e. The quantitative estimate of drug-likeness (QED) is 0.851. The lowest BCUT2D eigenvalue weighted by Gasteiger charge is -2.30. The second kappa shape index (κ2) is 8.59. The SMILES string of the molecule is C[C@@H]1CCCN(c2nn3c(C(=O)NC4CCCCCCC4)cc(=O)nc3s2)C1. The van der Waals surface area contributed by atoms with Crippen molar-refractivity contribution >= 4 is 27.3 Å². The Morgan fingerprint density at radius 1 is 1.14 bits per heavy atom. The molecule has 1 saturated heterocycles. The highest BCUT2D eigenvalue weighted by Crippen LogP contribution is 2.27. The van der Waals surface area contributed by atoms with Gasteiger partial charge in [0.15, 0.2) is 0 Å². The van der Waals surface area contributed by atoms with Gasteiger partial charge in [0, 0.05) is 25.2 Å². The largest absolute Gasteiger partial charge is 0.348 e. The van der Waals surface area contributed by atoms with Gasteiger partial charge < -0.3 is 10.2 Å². The topological polar surface area (TPSA) is 79.6 Å². The first kappa shape index (κ1) is 19.4. The Labute approximate surface area is 169 Å². The van der Waals surface area contributed by atoms with E-state index in [1.54, 1.807) is 4.52 Å². The molecule has 8 heteroatoms.